The predicted octanol–water partition coefficient (Wildman–Crippen LogP) is 4.06. The van der Waals surface area contributed by atoms with Gasteiger partial charge < -0.3 is 0 Å². The number of rotatable bonds is 3. The molecule has 0 spiro atoms. The summed E-state index contributed by atoms with van der Waals surface area (Å²) in [6, 6.07) is 27.6. The van der Waals surface area contributed by atoms with E-state index in [4.69, 9.17) is 4.42 Å². The molecule has 0 amide bonds. The minimum absolute atomic E-state index is 0.215. The number of aryl methyl sites for hydroxylation is 1. The number of furan rings is 1. The van der Waals surface area contributed by atoms with Crippen molar-refractivity contribution in [2.75, 3.05) is 0 Å². The normalized spacial score (nSPS) is 11.0. The molecular weight excluding hydrogens is 347 g/mol. The molecule has 0 saturated carbocycles. The second-order valence-electron chi connectivity index (χ2n) is 5.54. The van der Waals surface area contributed by atoms with Gasteiger partial charge in [0, 0.05) is 0 Å². The Kier molecular flexibility index (Phi) is 3.78. The van der Waals surface area contributed by atoms with Crippen molar-refractivity contribution in [3.8, 4) is 11.3 Å². The summed E-state index contributed by atoms with van der Waals surface area (Å²) in [5.74, 6) is 1.01. The SMILES string of the molecule is Cc1ccc2c([Se]c3ccccc3)c(-c3ccccc3)oc2c1. The van der Waals surface area contributed by atoms with E-state index in [9.17, 15) is 0 Å². The van der Waals surface area contributed by atoms with Crippen LogP contribution < -0.4 is 8.92 Å². The predicted molar refractivity (Wildman–Crippen MR) is 97.9 cm³/mol. The van der Waals surface area contributed by atoms with Gasteiger partial charge in [0.1, 0.15) is 0 Å². The fourth-order valence-corrected chi connectivity index (χ4v) is 4.89. The van der Waals surface area contributed by atoms with Crippen molar-refractivity contribution in [1.82, 2.24) is 0 Å². The van der Waals surface area contributed by atoms with Gasteiger partial charge in [0.15, 0.2) is 0 Å². The van der Waals surface area contributed by atoms with Crippen LogP contribution >= 0.6 is 0 Å². The molecule has 3 aromatic carbocycles. The summed E-state index contributed by atoms with van der Waals surface area (Å²) in [5, 5.41) is 1.23. The van der Waals surface area contributed by atoms with Crippen LogP contribution in [0.5, 0.6) is 0 Å². The fraction of sp³-hybridized carbons (Fsp3) is 0.0476. The number of fused-ring (bicyclic) bond motifs is 1. The Balaban J connectivity index is 1.92. The molecule has 0 atom stereocenters. The molecule has 0 fully saturated rings. The molecule has 1 nitrogen and oxygen atoms in total. The van der Waals surface area contributed by atoms with Crippen LogP contribution in [0.25, 0.3) is 22.3 Å². The number of hydrogen-bond donors (Lipinski definition) is 0. The van der Waals surface area contributed by atoms with Crippen LogP contribution in [0.15, 0.2) is 83.3 Å². The molecule has 0 aliphatic rings. The third-order valence-corrected chi connectivity index (χ3v) is 6.14. The van der Waals surface area contributed by atoms with Gasteiger partial charge in [-0.1, -0.05) is 0 Å². The van der Waals surface area contributed by atoms with E-state index in [1.165, 1.54) is 19.9 Å². The first kappa shape index (κ1) is 14.3. The molecule has 4 rings (SSSR count). The Morgan fingerprint density at radius 1 is 0.783 bits per heavy atom. The third-order valence-electron chi connectivity index (χ3n) is 3.80. The van der Waals surface area contributed by atoms with Crippen LogP contribution in [0, 0.1) is 6.92 Å². The van der Waals surface area contributed by atoms with E-state index < -0.39 is 0 Å². The Bertz CT molecular complexity index is 940. The second kappa shape index (κ2) is 6.08. The van der Waals surface area contributed by atoms with E-state index in [2.05, 4.69) is 79.7 Å². The van der Waals surface area contributed by atoms with E-state index in [0.717, 1.165) is 16.9 Å². The van der Waals surface area contributed by atoms with E-state index in [1.54, 1.807) is 0 Å². The minimum atomic E-state index is 0.215. The topological polar surface area (TPSA) is 13.1 Å². The van der Waals surface area contributed by atoms with E-state index in [0.29, 0.717) is 0 Å². The first-order valence-corrected chi connectivity index (χ1v) is 9.34. The average molecular weight is 363 g/mol. The maximum absolute atomic E-state index is 6.25. The van der Waals surface area contributed by atoms with Gasteiger partial charge in [-0.25, -0.2) is 0 Å². The van der Waals surface area contributed by atoms with Crippen LogP contribution in [-0.4, -0.2) is 15.0 Å². The molecule has 2 heteroatoms. The van der Waals surface area contributed by atoms with Crippen molar-refractivity contribution < 1.29 is 4.42 Å². The van der Waals surface area contributed by atoms with Crippen LogP contribution in [0.2, 0.25) is 0 Å². The van der Waals surface area contributed by atoms with Crippen LogP contribution in [0.4, 0.5) is 0 Å². The molecule has 112 valence electrons. The van der Waals surface area contributed by atoms with Crippen molar-refractivity contribution in [1.29, 1.82) is 0 Å². The first-order valence-electron chi connectivity index (χ1n) is 7.63. The van der Waals surface area contributed by atoms with Gasteiger partial charge in [-0.15, -0.1) is 0 Å². The van der Waals surface area contributed by atoms with Gasteiger partial charge in [-0.2, -0.15) is 0 Å². The molecule has 4 aromatic rings. The molecule has 1 heterocycles. The van der Waals surface area contributed by atoms with Crippen molar-refractivity contribution >= 4 is 34.8 Å². The van der Waals surface area contributed by atoms with Gasteiger partial charge in [0.25, 0.3) is 0 Å². The molecule has 1 aromatic heterocycles. The van der Waals surface area contributed by atoms with Crippen LogP contribution in [0.1, 0.15) is 5.56 Å². The van der Waals surface area contributed by atoms with Crippen molar-refractivity contribution in [2.45, 2.75) is 6.92 Å². The molecule has 0 radical (unpaired) electrons. The summed E-state index contributed by atoms with van der Waals surface area (Å²) in [5.41, 5.74) is 3.36. The Morgan fingerprint density at radius 2 is 1.48 bits per heavy atom. The summed E-state index contributed by atoms with van der Waals surface area (Å²) in [4.78, 5) is 0. The number of hydrogen-bond acceptors (Lipinski definition) is 1. The molecule has 0 N–H and O–H groups in total. The Morgan fingerprint density at radius 3 is 2.22 bits per heavy atom. The van der Waals surface area contributed by atoms with Crippen LogP contribution in [0.3, 0.4) is 0 Å². The molecule has 23 heavy (non-hydrogen) atoms. The maximum atomic E-state index is 6.25. The zero-order chi connectivity index (χ0) is 15.6. The Labute approximate surface area is 142 Å². The van der Waals surface area contributed by atoms with E-state index in [-0.39, 0.29) is 15.0 Å². The standard InChI is InChI=1S/C21H16OSe/c1-15-12-13-18-19(14-15)22-20(16-8-4-2-5-9-16)21(18)23-17-10-6-3-7-11-17/h2-14H,1H3. The van der Waals surface area contributed by atoms with Crippen molar-refractivity contribution in [3.05, 3.63) is 84.4 Å². The first-order chi connectivity index (χ1) is 11.3. The Hall–Kier alpha value is -2.28. The molecule has 0 aliphatic heterocycles. The average Bonchev–Trinajstić information content (AvgIpc) is 2.94. The quantitative estimate of drug-likeness (QED) is 0.500. The number of benzene rings is 3. The third kappa shape index (κ3) is 2.84. The van der Waals surface area contributed by atoms with Gasteiger partial charge >= 0.3 is 142 Å². The zero-order valence-electron chi connectivity index (χ0n) is 12.8. The molecule has 0 bridgehead atoms. The fourth-order valence-electron chi connectivity index (χ4n) is 2.67. The molecule has 0 aliphatic carbocycles. The van der Waals surface area contributed by atoms with Gasteiger partial charge in [0.05, 0.1) is 0 Å². The summed E-state index contributed by atoms with van der Waals surface area (Å²) < 4.78 is 8.94. The monoisotopic (exact) mass is 364 g/mol. The summed E-state index contributed by atoms with van der Waals surface area (Å²) in [7, 11) is 0. The van der Waals surface area contributed by atoms with Crippen molar-refractivity contribution in [2.24, 2.45) is 0 Å². The second-order valence-corrected chi connectivity index (χ2v) is 7.81. The summed E-state index contributed by atoms with van der Waals surface area (Å²) in [6.45, 7) is 2.10. The molecule has 0 unspecified atom stereocenters. The summed E-state index contributed by atoms with van der Waals surface area (Å²) in [6.07, 6.45) is 0. The van der Waals surface area contributed by atoms with Gasteiger partial charge in [-0.3, -0.25) is 0 Å². The summed E-state index contributed by atoms with van der Waals surface area (Å²) >= 11 is 0.215. The molecule has 0 saturated heterocycles. The van der Waals surface area contributed by atoms with E-state index in [1.807, 2.05) is 6.07 Å². The molecular formula is C21H16OSe. The van der Waals surface area contributed by atoms with Crippen LogP contribution in [-0.2, 0) is 0 Å². The van der Waals surface area contributed by atoms with E-state index >= 15 is 0 Å². The zero-order valence-corrected chi connectivity index (χ0v) is 14.5. The van der Waals surface area contributed by atoms with Gasteiger partial charge in [0.2, 0.25) is 0 Å². The van der Waals surface area contributed by atoms with Crippen molar-refractivity contribution in [3.63, 3.8) is 0 Å². The van der Waals surface area contributed by atoms with Gasteiger partial charge in [-0.05, 0) is 0 Å².